The minimum absolute atomic E-state index is 0.987. The number of aryl methyl sites for hydroxylation is 3. The van der Waals surface area contributed by atoms with E-state index in [4.69, 9.17) is 0 Å². The molecule has 0 bridgehead atoms. The highest BCUT2D eigenvalue weighted by molar-refractivity contribution is 5.67. The van der Waals surface area contributed by atoms with Gasteiger partial charge in [0.1, 0.15) is 0 Å². The SMILES string of the molecule is c1ccc(C[n+]2c3c(cc4c2-c2ccccc2CC4)CCCC3)cc1. The van der Waals surface area contributed by atoms with Crippen molar-refractivity contribution < 1.29 is 4.57 Å². The van der Waals surface area contributed by atoms with Crippen LogP contribution in [0.2, 0.25) is 0 Å². The molecule has 0 radical (unpaired) electrons. The first kappa shape index (κ1) is 14.9. The van der Waals surface area contributed by atoms with Crippen molar-refractivity contribution in [1.29, 1.82) is 0 Å². The monoisotopic (exact) mass is 326 g/mol. The number of rotatable bonds is 2. The lowest BCUT2D eigenvalue weighted by atomic mass is 9.85. The number of fused-ring (bicyclic) bond motifs is 4. The van der Waals surface area contributed by atoms with E-state index in [1.54, 1.807) is 16.8 Å². The molecule has 25 heavy (non-hydrogen) atoms. The summed E-state index contributed by atoms with van der Waals surface area (Å²) in [7, 11) is 0. The summed E-state index contributed by atoms with van der Waals surface area (Å²) in [4.78, 5) is 0. The van der Waals surface area contributed by atoms with Crippen molar-refractivity contribution in [1.82, 2.24) is 0 Å². The third-order valence-corrected chi connectivity index (χ3v) is 5.85. The Balaban J connectivity index is 1.75. The van der Waals surface area contributed by atoms with Gasteiger partial charge in [-0.15, -0.1) is 0 Å². The van der Waals surface area contributed by atoms with Gasteiger partial charge in [0, 0.05) is 28.7 Å². The first-order valence-corrected chi connectivity index (χ1v) is 9.60. The van der Waals surface area contributed by atoms with Crippen LogP contribution in [0.5, 0.6) is 0 Å². The molecule has 0 N–H and O–H groups in total. The van der Waals surface area contributed by atoms with Gasteiger partial charge in [0.25, 0.3) is 0 Å². The number of nitrogens with zero attached hydrogens (tertiary/aromatic N) is 1. The van der Waals surface area contributed by atoms with Crippen LogP contribution < -0.4 is 4.57 Å². The smallest absolute Gasteiger partial charge is 0.191 e. The molecule has 0 saturated heterocycles. The second-order valence-electron chi connectivity index (χ2n) is 7.43. The molecule has 1 heteroatoms. The minimum Gasteiger partial charge on any atom is -0.191 e. The highest BCUT2D eigenvalue weighted by atomic mass is 15.0. The lowest BCUT2D eigenvalue weighted by Crippen LogP contribution is -2.45. The quantitative estimate of drug-likeness (QED) is 0.603. The van der Waals surface area contributed by atoms with E-state index in [1.165, 1.54) is 60.9 Å². The van der Waals surface area contributed by atoms with Gasteiger partial charge < -0.3 is 0 Å². The van der Waals surface area contributed by atoms with Gasteiger partial charge in [-0.2, -0.15) is 4.57 Å². The molecule has 1 nitrogen and oxygen atoms in total. The molecule has 0 unspecified atom stereocenters. The summed E-state index contributed by atoms with van der Waals surface area (Å²) in [5.41, 5.74) is 10.6. The van der Waals surface area contributed by atoms with Crippen LogP contribution in [0, 0.1) is 0 Å². The van der Waals surface area contributed by atoms with Crippen LogP contribution in [0.25, 0.3) is 11.3 Å². The lowest BCUT2D eigenvalue weighted by Gasteiger charge is -2.23. The first-order valence-electron chi connectivity index (χ1n) is 9.60. The van der Waals surface area contributed by atoms with Crippen molar-refractivity contribution in [2.45, 2.75) is 45.1 Å². The average molecular weight is 326 g/mol. The van der Waals surface area contributed by atoms with Gasteiger partial charge in [-0.3, -0.25) is 0 Å². The van der Waals surface area contributed by atoms with E-state index in [0.717, 1.165) is 6.54 Å². The summed E-state index contributed by atoms with van der Waals surface area (Å²) < 4.78 is 2.65. The Labute approximate surface area is 150 Å². The van der Waals surface area contributed by atoms with E-state index >= 15 is 0 Å². The largest absolute Gasteiger partial charge is 0.216 e. The molecule has 3 aromatic rings. The Kier molecular flexibility index (Phi) is 3.66. The molecule has 0 aliphatic heterocycles. The van der Waals surface area contributed by atoms with E-state index in [9.17, 15) is 0 Å². The Hall–Kier alpha value is -2.41. The zero-order chi connectivity index (χ0) is 16.6. The van der Waals surface area contributed by atoms with Crippen LogP contribution in [-0.2, 0) is 32.2 Å². The number of pyridine rings is 1. The zero-order valence-corrected chi connectivity index (χ0v) is 14.7. The van der Waals surface area contributed by atoms with Crippen LogP contribution in [0.3, 0.4) is 0 Å². The van der Waals surface area contributed by atoms with Gasteiger partial charge >= 0.3 is 0 Å². The Morgan fingerprint density at radius 1 is 0.680 bits per heavy atom. The molecule has 0 saturated carbocycles. The normalized spacial score (nSPS) is 15.2. The van der Waals surface area contributed by atoms with Crippen LogP contribution in [0.1, 0.15) is 40.8 Å². The fraction of sp³-hybridized carbons (Fsp3) is 0.292. The van der Waals surface area contributed by atoms with E-state index in [1.807, 2.05) is 0 Å². The standard InChI is InChI=1S/C24H24N/c1-2-8-18(9-3-1)17-25-23-13-7-5-11-20(23)16-21-15-14-19-10-4-6-12-22(19)24(21)25/h1-4,6,8-10,12,16H,5,7,11,13-15,17H2/q+1. The van der Waals surface area contributed by atoms with Gasteiger partial charge in [-0.1, -0.05) is 48.5 Å². The van der Waals surface area contributed by atoms with E-state index in [0.29, 0.717) is 0 Å². The second kappa shape index (κ2) is 6.15. The fourth-order valence-corrected chi connectivity index (χ4v) is 4.65. The van der Waals surface area contributed by atoms with Crippen LogP contribution in [0.4, 0.5) is 0 Å². The van der Waals surface area contributed by atoms with Crippen molar-refractivity contribution >= 4 is 0 Å². The zero-order valence-electron chi connectivity index (χ0n) is 14.7. The third kappa shape index (κ3) is 2.59. The van der Waals surface area contributed by atoms with E-state index in [2.05, 4.69) is 65.2 Å². The molecule has 0 amide bonds. The van der Waals surface area contributed by atoms with Crippen LogP contribution in [-0.4, -0.2) is 0 Å². The molecule has 0 spiro atoms. The third-order valence-electron chi connectivity index (χ3n) is 5.85. The van der Waals surface area contributed by atoms with E-state index in [-0.39, 0.29) is 0 Å². The first-order chi connectivity index (χ1) is 12.4. The summed E-state index contributed by atoms with van der Waals surface area (Å²) in [6.45, 7) is 0.987. The molecule has 1 aromatic heterocycles. The van der Waals surface area contributed by atoms with Gasteiger partial charge in [-0.25, -0.2) is 0 Å². The maximum atomic E-state index is 2.65. The average Bonchev–Trinajstić information content (AvgIpc) is 2.68. The number of hydrogen-bond acceptors (Lipinski definition) is 0. The topological polar surface area (TPSA) is 3.88 Å². The van der Waals surface area contributed by atoms with Crippen molar-refractivity contribution in [3.8, 4) is 11.3 Å². The molecular weight excluding hydrogens is 302 g/mol. The molecule has 1 heterocycles. The maximum absolute atomic E-state index is 2.65. The van der Waals surface area contributed by atoms with Crippen LogP contribution >= 0.6 is 0 Å². The summed E-state index contributed by atoms with van der Waals surface area (Å²) in [5, 5.41) is 0. The number of benzene rings is 2. The predicted octanol–water partition coefficient (Wildman–Crippen LogP) is 4.67. The number of hydrogen-bond donors (Lipinski definition) is 0. The molecule has 0 fully saturated rings. The Bertz CT molecular complexity index is 924. The number of aromatic nitrogens is 1. The molecule has 2 aliphatic carbocycles. The predicted molar refractivity (Wildman–Crippen MR) is 102 cm³/mol. The second-order valence-corrected chi connectivity index (χ2v) is 7.43. The highest BCUT2D eigenvalue weighted by Crippen LogP contribution is 2.34. The Morgan fingerprint density at radius 3 is 2.36 bits per heavy atom. The maximum Gasteiger partial charge on any atom is 0.216 e. The van der Waals surface area contributed by atoms with Crippen LogP contribution in [0.15, 0.2) is 60.7 Å². The summed E-state index contributed by atoms with van der Waals surface area (Å²) >= 11 is 0. The van der Waals surface area contributed by atoms with Gasteiger partial charge in [0.15, 0.2) is 12.2 Å². The molecule has 124 valence electrons. The molecular formula is C24H24N+. The van der Waals surface area contributed by atoms with Crippen molar-refractivity contribution in [2.24, 2.45) is 0 Å². The van der Waals surface area contributed by atoms with Gasteiger partial charge in [0.05, 0.1) is 0 Å². The summed E-state index contributed by atoms with van der Waals surface area (Å²) in [6, 6.07) is 22.5. The van der Waals surface area contributed by atoms with Gasteiger partial charge in [-0.05, 0) is 49.8 Å². The van der Waals surface area contributed by atoms with Gasteiger partial charge in [0.2, 0.25) is 5.69 Å². The molecule has 5 rings (SSSR count). The molecule has 0 atom stereocenters. The summed E-state index contributed by atoms with van der Waals surface area (Å²) in [6.07, 6.45) is 7.48. The van der Waals surface area contributed by atoms with E-state index < -0.39 is 0 Å². The van der Waals surface area contributed by atoms with Crippen molar-refractivity contribution in [3.63, 3.8) is 0 Å². The highest BCUT2D eigenvalue weighted by Gasteiger charge is 2.31. The van der Waals surface area contributed by atoms with Crippen molar-refractivity contribution in [3.05, 3.63) is 88.6 Å². The molecule has 2 aliphatic rings. The fourth-order valence-electron chi connectivity index (χ4n) is 4.65. The lowest BCUT2D eigenvalue weighted by molar-refractivity contribution is -0.686. The summed E-state index contributed by atoms with van der Waals surface area (Å²) in [5.74, 6) is 0. The van der Waals surface area contributed by atoms with Crippen molar-refractivity contribution in [2.75, 3.05) is 0 Å². The minimum atomic E-state index is 0.987. The Morgan fingerprint density at radius 2 is 1.44 bits per heavy atom. The molecule has 2 aromatic carbocycles.